The van der Waals surface area contributed by atoms with Crippen LogP contribution in [0, 0.1) is 0 Å². The molecule has 0 aliphatic carbocycles. The van der Waals surface area contributed by atoms with E-state index in [1.807, 2.05) is 0 Å². The molecule has 2 N–H and O–H groups in total. The molecule has 1 aromatic rings. The van der Waals surface area contributed by atoms with E-state index in [-0.39, 0.29) is 6.04 Å². The number of nitrogens with zero attached hydrogens (tertiary/aromatic N) is 2. The smallest absolute Gasteiger partial charge is 0.226 e. The third-order valence-corrected chi connectivity index (χ3v) is 2.40. The minimum Gasteiger partial charge on any atom is -0.339 e. The molecule has 0 aliphatic rings. The lowest BCUT2D eigenvalue weighted by atomic mass is 10.1. The van der Waals surface area contributed by atoms with E-state index < -0.39 is 0 Å². The second-order valence-corrected chi connectivity index (χ2v) is 3.90. The van der Waals surface area contributed by atoms with Crippen molar-refractivity contribution < 1.29 is 4.52 Å². The number of hydrogen-bond acceptors (Lipinski definition) is 4. The van der Waals surface area contributed by atoms with E-state index in [0.29, 0.717) is 11.7 Å². The summed E-state index contributed by atoms with van der Waals surface area (Å²) in [6.07, 6.45) is 6.36. The van der Waals surface area contributed by atoms with Crippen molar-refractivity contribution in [1.29, 1.82) is 0 Å². The predicted octanol–water partition coefficient (Wildman–Crippen LogP) is 2.60. The SMILES string of the molecule is CCCCCC(N)c1noc(CCC)n1. The fraction of sp³-hybridized carbons (Fsp3) is 0.818. The van der Waals surface area contributed by atoms with Crippen molar-refractivity contribution in [3.8, 4) is 0 Å². The maximum absolute atomic E-state index is 5.96. The second kappa shape index (κ2) is 6.56. The summed E-state index contributed by atoms with van der Waals surface area (Å²) in [7, 11) is 0. The number of unbranched alkanes of at least 4 members (excludes halogenated alkanes) is 2. The van der Waals surface area contributed by atoms with Gasteiger partial charge in [-0.15, -0.1) is 0 Å². The Morgan fingerprint density at radius 2 is 2.07 bits per heavy atom. The highest BCUT2D eigenvalue weighted by molar-refractivity contribution is 4.92. The Morgan fingerprint density at radius 3 is 2.73 bits per heavy atom. The minimum atomic E-state index is -0.0640. The van der Waals surface area contributed by atoms with E-state index in [9.17, 15) is 0 Å². The Hall–Kier alpha value is -0.900. The molecular formula is C11H21N3O. The van der Waals surface area contributed by atoms with Crippen LogP contribution in [0.5, 0.6) is 0 Å². The molecular weight excluding hydrogens is 190 g/mol. The van der Waals surface area contributed by atoms with Crippen LogP contribution in [0.25, 0.3) is 0 Å². The molecule has 1 rings (SSSR count). The normalized spacial score (nSPS) is 13.0. The first kappa shape index (κ1) is 12.2. The van der Waals surface area contributed by atoms with Crippen LogP contribution in [-0.2, 0) is 6.42 Å². The van der Waals surface area contributed by atoms with Crippen molar-refractivity contribution in [1.82, 2.24) is 10.1 Å². The van der Waals surface area contributed by atoms with Crippen LogP contribution in [0.1, 0.15) is 63.7 Å². The van der Waals surface area contributed by atoms with Crippen LogP contribution in [0.3, 0.4) is 0 Å². The average molecular weight is 211 g/mol. The van der Waals surface area contributed by atoms with Gasteiger partial charge in [-0.1, -0.05) is 38.3 Å². The molecule has 0 saturated carbocycles. The fourth-order valence-corrected chi connectivity index (χ4v) is 1.48. The highest BCUT2D eigenvalue weighted by atomic mass is 16.5. The van der Waals surface area contributed by atoms with Crippen LogP contribution in [0.15, 0.2) is 4.52 Å². The maximum Gasteiger partial charge on any atom is 0.226 e. The first-order chi connectivity index (χ1) is 7.27. The van der Waals surface area contributed by atoms with Crippen molar-refractivity contribution in [3.63, 3.8) is 0 Å². The van der Waals surface area contributed by atoms with Gasteiger partial charge in [0.25, 0.3) is 0 Å². The lowest BCUT2D eigenvalue weighted by Gasteiger charge is -2.04. The molecule has 1 aromatic heterocycles. The summed E-state index contributed by atoms with van der Waals surface area (Å²) in [5.74, 6) is 1.37. The molecule has 15 heavy (non-hydrogen) atoms. The molecule has 0 amide bonds. The Labute approximate surface area is 91.2 Å². The highest BCUT2D eigenvalue weighted by Gasteiger charge is 2.13. The zero-order chi connectivity index (χ0) is 11.1. The summed E-state index contributed by atoms with van der Waals surface area (Å²) in [6.45, 7) is 4.27. The summed E-state index contributed by atoms with van der Waals surface area (Å²) in [4.78, 5) is 4.28. The van der Waals surface area contributed by atoms with Crippen LogP contribution in [0.4, 0.5) is 0 Å². The molecule has 0 saturated heterocycles. The molecule has 86 valence electrons. The molecule has 1 atom stereocenters. The molecule has 0 radical (unpaired) electrons. The van der Waals surface area contributed by atoms with Crippen molar-refractivity contribution in [3.05, 3.63) is 11.7 Å². The number of rotatable bonds is 7. The topological polar surface area (TPSA) is 64.9 Å². The molecule has 1 heterocycles. The summed E-state index contributed by atoms with van der Waals surface area (Å²) >= 11 is 0. The van der Waals surface area contributed by atoms with Gasteiger partial charge in [-0.2, -0.15) is 4.98 Å². The Bertz CT molecular complexity index is 273. The van der Waals surface area contributed by atoms with Gasteiger partial charge < -0.3 is 10.3 Å². The van der Waals surface area contributed by atoms with Gasteiger partial charge in [0.1, 0.15) is 0 Å². The third kappa shape index (κ3) is 4.00. The van der Waals surface area contributed by atoms with E-state index >= 15 is 0 Å². The Balaban J connectivity index is 2.39. The average Bonchev–Trinajstić information content (AvgIpc) is 2.67. The van der Waals surface area contributed by atoms with E-state index in [0.717, 1.165) is 25.7 Å². The third-order valence-electron chi connectivity index (χ3n) is 2.40. The van der Waals surface area contributed by atoms with Gasteiger partial charge in [0.05, 0.1) is 6.04 Å². The lowest BCUT2D eigenvalue weighted by Crippen LogP contribution is -2.12. The number of hydrogen-bond donors (Lipinski definition) is 1. The molecule has 0 bridgehead atoms. The summed E-state index contributed by atoms with van der Waals surface area (Å²) < 4.78 is 5.09. The van der Waals surface area contributed by atoms with Gasteiger partial charge in [-0.3, -0.25) is 0 Å². The van der Waals surface area contributed by atoms with Gasteiger partial charge in [0, 0.05) is 6.42 Å². The highest BCUT2D eigenvalue weighted by Crippen LogP contribution is 2.14. The van der Waals surface area contributed by atoms with Gasteiger partial charge >= 0.3 is 0 Å². The minimum absolute atomic E-state index is 0.0640. The zero-order valence-corrected chi connectivity index (χ0v) is 9.70. The number of aromatic nitrogens is 2. The molecule has 0 spiro atoms. The molecule has 0 aromatic carbocycles. The summed E-state index contributed by atoms with van der Waals surface area (Å²) in [5, 5.41) is 3.90. The monoisotopic (exact) mass is 211 g/mol. The van der Waals surface area contributed by atoms with Gasteiger partial charge in [0.2, 0.25) is 5.89 Å². The van der Waals surface area contributed by atoms with Crippen LogP contribution < -0.4 is 5.73 Å². The molecule has 1 unspecified atom stereocenters. The maximum atomic E-state index is 5.96. The fourth-order valence-electron chi connectivity index (χ4n) is 1.48. The van der Waals surface area contributed by atoms with Crippen LogP contribution in [-0.4, -0.2) is 10.1 Å². The van der Waals surface area contributed by atoms with E-state index in [1.54, 1.807) is 0 Å². The standard InChI is InChI=1S/C11H21N3O/c1-3-5-6-8-9(12)11-13-10(7-4-2)15-14-11/h9H,3-8,12H2,1-2H3. The van der Waals surface area contributed by atoms with Crippen molar-refractivity contribution in [2.45, 2.75) is 58.4 Å². The largest absolute Gasteiger partial charge is 0.339 e. The van der Waals surface area contributed by atoms with Crippen molar-refractivity contribution in [2.75, 3.05) is 0 Å². The quantitative estimate of drug-likeness (QED) is 0.704. The van der Waals surface area contributed by atoms with E-state index in [1.165, 1.54) is 12.8 Å². The molecule has 4 nitrogen and oxygen atoms in total. The number of nitrogens with two attached hydrogens (primary N) is 1. The lowest BCUT2D eigenvalue weighted by molar-refractivity contribution is 0.367. The van der Waals surface area contributed by atoms with Crippen LogP contribution >= 0.6 is 0 Å². The number of aryl methyl sites for hydroxylation is 1. The van der Waals surface area contributed by atoms with Crippen molar-refractivity contribution in [2.24, 2.45) is 5.73 Å². The molecule has 0 aliphatic heterocycles. The predicted molar refractivity (Wildman–Crippen MR) is 59.4 cm³/mol. The van der Waals surface area contributed by atoms with Gasteiger partial charge in [0.15, 0.2) is 5.82 Å². The Kier molecular flexibility index (Phi) is 5.32. The molecule has 4 heteroatoms. The first-order valence-electron chi connectivity index (χ1n) is 5.86. The van der Waals surface area contributed by atoms with E-state index in [2.05, 4.69) is 24.0 Å². The summed E-state index contributed by atoms with van der Waals surface area (Å²) in [6, 6.07) is -0.0640. The van der Waals surface area contributed by atoms with Crippen molar-refractivity contribution >= 4 is 0 Å². The summed E-state index contributed by atoms with van der Waals surface area (Å²) in [5.41, 5.74) is 5.96. The first-order valence-corrected chi connectivity index (χ1v) is 5.86. The second-order valence-electron chi connectivity index (χ2n) is 3.90. The van der Waals surface area contributed by atoms with E-state index in [4.69, 9.17) is 10.3 Å². The van der Waals surface area contributed by atoms with Gasteiger partial charge in [-0.25, -0.2) is 0 Å². The zero-order valence-electron chi connectivity index (χ0n) is 9.70. The molecule has 0 fully saturated rings. The van der Waals surface area contributed by atoms with Crippen LogP contribution in [0.2, 0.25) is 0 Å². The van der Waals surface area contributed by atoms with Gasteiger partial charge in [-0.05, 0) is 12.8 Å². The Morgan fingerprint density at radius 1 is 1.27 bits per heavy atom.